The fourth-order valence-corrected chi connectivity index (χ4v) is 2.29. The van der Waals surface area contributed by atoms with Gasteiger partial charge in [-0.1, -0.05) is 6.07 Å². The topological polar surface area (TPSA) is 61.3 Å². The normalized spacial score (nSPS) is 10.5. The van der Waals surface area contributed by atoms with Crippen LogP contribution >= 0.6 is 0 Å². The molecule has 0 unspecified atom stereocenters. The highest BCUT2D eigenvalue weighted by Gasteiger charge is 2.09. The zero-order valence-corrected chi connectivity index (χ0v) is 12.2. The maximum atomic E-state index is 11.4. The number of aromatic nitrogens is 2. The summed E-state index contributed by atoms with van der Waals surface area (Å²) in [5.41, 5.74) is 3.03. The van der Waals surface area contributed by atoms with Gasteiger partial charge in [-0.05, 0) is 29.8 Å². The Kier molecular flexibility index (Phi) is 3.70. The maximum Gasteiger partial charge on any atom is 0.356 e. The van der Waals surface area contributed by atoms with Crippen LogP contribution < -0.4 is 4.74 Å². The lowest BCUT2D eigenvalue weighted by molar-refractivity contribution is 0.0594. The fraction of sp³-hybridized carbons (Fsp3) is 0.118. The van der Waals surface area contributed by atoms with Gasteiger partial charge in [0.2, 0.25) is 0 Å². The van der Waals surface area contributed by atoms with Crippen LogP contribution in [-0.4, -0.2) is 30.2 Å². The number of rotatable bonds is 3. The van der Waals surface area contributed by atoms with Crippen LogP contribution in [0.2, 0.25) is 0 Å². The number of hydrogen-bond acceptors (Lipinski definition) is 5. The second-order valence-electron chi connectivity index (χ2n) is 4.67. The summed E-state index contributed by atoms with van der Waals surface area (Å²) in [7, 11) is 2.96. The van der Waals surface area contributed by atoms with Crippen molar-refractivity contribution in [3.8, 4) is 16.9 Å². The molecule has 1 aromatic carbocycles. The van der Waals surface area contributed by atoms with E-state index in [4.69, 9.17) is 4.74 Å². The van der Waals surface area contributed by atoms with Crippen LogP contribution in [-0.2, 0) is 4.74 Å². The SMILES string of the molecule is COC(=O)c1ccc(-c2ccnc3cc(OC)ccc23)cn1. The van der Waals surface area contributed by atoms with E-state index < -0.39 is 5.97 Å². The summed E-state index contributed by atoms with van der Waals surface area (Å²) in [6.07, 6.45) is 3.40. The van der Waals surface area contributed by atoms with E-state index in [0.29, 0.717) is 0 Å². The molecule has 0 amide bonds. The minimum Gasteiger partial charge on any atom is -0.497 e. The van der Waals surface area contributed by atoms with Crippen LogP contribution in [0.1, 0.15) is 10.5 Å². The molecule has 0 aliphatic rings. The lowest BCUT2D eigenvalue weighted by Gasteiger charge is -2.08. The summed E-state index contributed by atoms with van der Waals surface area (Å²) in [6.45, 7) is 0. The zero-order chi connectivity index (χ0) is 15.5. The van der Waals surface area contributed by atoms with Crippen molar-refractivity contribution in [2.45, 2.75) is 0 Å². The molecular formula is C17H14N2O3. The molecule has 110 valence electrons. The van der Waals surface area contributed by atoms with Gasteiger partial charge in [-0.25, -0.2) is 9.78 Å². The molecule has 0 N–H and O–H groups in total. The Morgan fingerprint density at radius 3 is 2.59 bits per heavy atom. The average molecular weight is 294 g/mol. The number of carbonyl (C=O) groups excluding carboxylic acids is 1. The number of fused-ring (bicyclic) bond motifs is 1. The van der Waals surface area contributed by atoms with Crippen LogP contribution in [0.3, 0.4) is 0 Å². The van der Waals surface area contributed by atoms with Crippen molar-refractivity contribution in [1.82, 2.24) is 9.97 Å². The van der Waals surface area contributed by atoms with Gasteiger partial charge < -0.3 is 9.47 Å². The molecule has 0 bridgehead atoms. The lowest BCUT2D eigenvalue weighted by Crippen LogP contribution is -2.03. The Labute approximate surface area is 127 Å². The highest BCUT2D eigenvalue weighted by atomic mass is 16.5. The highest BCUT2D eigenvalue weighted by molar-refractivity contribution is 5.95. The largest absolute Gasteiger partial charge is 0.497 e. The summed E-state index contributed by atoms with van der Waals surface area (Å²) >= 11 is 0. The standard InChI is InChI=1S/C17H14N2O3/c1-21-12-4-5-14-13(7-8-18-16(14)9-12)11-3-6-15(19-10-11)17(20)22-2/h3-10H,1-2H3. The van der Waals surface area contributed by atoms with Crippen LogP contribution in [0.15, 0.2) is 48.8 Å². The zero-order valence-electron chi connectivity index (χ0n) is 12.2. The van der Waals surface area contributed by atoms with E-state index in [1.807, 2.05) is 30.3 Å². The summed E-state index contributed by atoms with van der Waals surface area (Å²) in [5, 5.41) is 0.996. The van der Waals surface area contributed by atoms with Gasteiger partial charge in [0, 0.05) is 29.4 Å². The van der Waals surface area contributed by atoms with Crippen LogP contribution in [0.25, 0.3) is 22.0 Å². The molecule has 0 fully saturated rings. The highest BCUT2D eigenvalue weighted by Crippen LogP contribution is 2.29. The first-order chi connectivity index (χ1) is 10.7. The number of nitrogens with zero attached hydrogens (tertiary/aromatic N) is 2. The molecule has 5 nitrogen and oxygen atoms in total. The lowest BCUT2D eigenvalue weighted by atomic mass is 10.0. The van der Waals surface area contributed by atoms with E-state index in [9.17, 15) is 4.79 Å². The number of carbonyl (C=O) groups is 1. The van der Waals surface area contributed by atoms with Crippen molar-refractivity contribution in [3.63, 3.8) is 0 Å². The number of benzene rings is 1. The Balaban J connectivity index is 2.08. The Morgan fingerprint density at radius 2 is 1.91 bits per heavy atom. The van der Waals surface area contributed by atoms with Crippen LogP contribution in [0.5, 0.6) is 5.75 Å². The second kappa shape index (κ2) is 5.81. The molecule has 0 aliphatic heterocycles. The molecule has 3 aromatic rings. The first kappa shape index (κ1) is 14.0. The molecule has 22 heavy (non-hydrogen) atoms. The van der Waals surface area contributed by atoms with Gasteiger partial charge in [0.05, 0.1) is 19.7 Å². The maximum absolute atomic E-state index is 11.4. The average Bonchev–Trinajstić information content (AvgIpc) is 2.60. The van der Waals surface area contributed by atoms with E-state index in [2.05, 4.69) is 14.7 Å². The molecule has 0 spiro atoms. The molecular weight excluding hydrogens is 280 g/mol. The van der Waals surface area contributed by atoms with Crippen LogP contribution in [0.4, 0.5) is 0 Å². The molecule has 0 atom stereocenters. The van der Waals surface area contributed by atoms with Crippen molar-refractivity contribution in [3.05, 3.63) is 54.5 Å². The van der Waals surface area contributed by atoms with Gasteiger partial charge in [-0.15, -0.1) is 0 Å². The van der Waals surface area contributed by atoms with Gasteiger partial charge in [0.25, 0.3) is 0 Å². The molecule has 2 heterocycles. The minimum atomic E-state index is -0.448. The molecule has 3 rings (SSSR count). The number of methoxy groups -OCH3 is 2. The predicted octanol–water partition coefficient (Wildman–Crippen LogP) is 3.09. The number of ether oxygens (including phenoxy) is 2. The molecule has 0 radical (unpaired) electrons. The van der Waals surface area contributed by atoms with Gasteiger partial charge in [-0.3, -0.25) is 4.98 Å². The summed E-state index contributed by atoms with van der Waals surface area (Å²) in [5.74, 6) is 0.312. The Hall–Kier alpha value is -2.95. The van der Waals surface area contributed by atoms with Gasteiger partial charge in [0.1, 0.15) is 11.4 Å². The van der Waals surface area contributed by atoms with Crippen molar-refractivity contribution in [1.29, 1.82) is 0 Å². The predicted molar refractivity (Wildman–Crippen MR) is 82.9 cm³/mol. The van der Waals surface area contributed by atoms with Crippen LogP contribution in [0, 0.1) is 0 Å². The first-order valence-corrected chi connectivity index (χ1v) is 6.70. The van der Waals surface area contributed by atoms with Crippen molar-refractivity contribution in [2.75, 3.05) is 14.2 Å². The molecule has 0 aliphatic carbocycles. The third-order valence-electron chi connectivity index (χ3n) is 3.42. The molecule has 5 heteroatoms. The molecule has 2 aromatic heterocycles. The summed E-state index contributed by atoms with van der Waals surface area (Å²) in [6, 6.07) is 11.2. The number of hydrogen-bond donors (Lipinski definition) is 0. The first-order valence-electron chi connectivity index (χ1n) is 6.70. The van der Waals surface area contributed by atoms with E-state index in [-0.39, 0.29) is 5.69 Å². The quantitative estimate of drug-likeness (QED) is 0.695. The second-order valence-corrected chi connectivity index (χ2v) is 4.67. The third kappa shape index (κ3) is 2.48. The number of esters is 1. The van der Waals surface area contributed by atoms with E-state index in [1.165, 1.54) is 7.11 Å². The molecule has 0 saturated heterocycles. The fourth-order valence-electron chi connectivity index (χ4n) is 2.29. The summed E-state index contributed by atoms with van der Waals surface area (Å²) in [4.78, 5) is 19.9. The Morgan fingerprint density at radius 1 is 1.05 bits per heavy atom. The van der Waals surface area contributed by atoms with Gasteiger partial charge >= 0.3 is 5.97 Å². The summed E-state index contributed by atoms with van der Waals surface area (Å²) < 4.78 is 9.87. The van der Waals surface area contributed by atoms with E-state index in [1.54, 1.807) is 25.6 Å². The monoisotopic (exact) mass is 294 g/mol. The van der Waals surface area contributed by atoms with E-state index in [0.717, 1.165) is 27.8 Å². The molecule has 0 saturated carbocycles. The van der Waals surface area contributed by atoms with E-state index >= 15 is 0 Å². The van der Waals surface area contributed by atoms with Crippen molar-refractivity contribution >= 4 is 16.9 Å². The Bertz CT molecular complexity index is 829. The third-order valence-corrected chi connectivity index (χ3v) is 3.42. The minimum absolute atomic E-state index is 0.284. The van der Waals surface area contributed by atoms with Gasteiger partial charge in [-0.2, -0.15) is 0 Å². The smallest absolute Gasteiger partial charge is 0.356 e. The van der Waals surface area contributed by atoms with Crippen molar-refractivity contribution in [2.24, 2.45) is 0 Å². The number of pyridine rings is 2. The van der Waals surface area contributed by atoms with Crippen molar-refractivity contribution < 1.29 is 14.3 Å². The van der Waals surface area contributed by atoms with Gasteiger partial charge in [0.15, 0.2) is 0 Å².